The Morgan fingerprint density at radius 1 is 0.872 bits per heavy atom. The Morgan fingerprint density at radius 3 is 2.38 bits per heavy atom. The van der Waals surface area contributed by atoms with Gasteiger partial charge in [0.2, 0.25) is 0 Å². The number of rotatable bonds is 9. The third kappa shape index (κ3) is 6.02. The van der Waals surface area contributed by atoms with E-state index in [-0.39, 0.29) is 5.91 Å². The number of benzene rings is 2. The largest absolute Gasteiger partial charge is 0.385 e. The summed E-state index contributed by atoms with van der Waals surface area (Å²) in [6.45, 7) is 0.890. The third-order valence-corrected chi connectivity index (χ3v) is 6.38. The Bertz CT molecular complexity index is 1540. The molecule has 0 aliphatic carbocycles. The van der Waals surface area contributed by atoms with Crippen molar-refractivity contribution in [1.82, 2.24) is 20.3 Å². The number of aromatic nitrogens is 3. The van der Waals surface area contributed by atoms with Crippen molar-refractivity contribution >= 4 is 28.9 Å². The minimum atomic E-state index is -0.107. The smallest absolute Gasteiger partial charge is 0.251 e. The zero-order valence-corrected chi connectivity index (χ0v) is 21.6. The van der Waals surface area contributed by atoms with Crippen molar-refractivity contribution < 1.29 is 4.79 Å². The molecule has 0 aliphatic heterocycles. The number of nitrogens with zero attached hydrogens (tertiary/aromatic N) is 4. The monoisotopic (exact) mass is 515 g/mol. The topological polar surface area (TPSA) is 109 Å². The lowest BCUT2D eigenvalue weighted by Crippen LogP contribution is -2.23. The first-order valence-electron chi connectivity index (χ1n) is 12.6. The normalized spacial score (nSPS) is 10.6. The average Bonchev–Trinajstić information content (AvgIpc) is 3.00. The highest BCUT2D eigenvalue weighted by Crippen LogP contribution is 2.35. The number of hydrogen-bond donors (Lipinski definition) is 3. The minimum absolute atomic E-state index is 0.107. The molecule has 0 unspecified atom stereocenters. The highest BCUT2D eigenvalue weighted by Gasteiger charge is 2.18. The summed E-state index contributed by atoms with van der Waals surface area (Å²) in [4.78, 5) is 27.9. The molecule has 0 radical (unpaired) electrons. The van der Waals surface area contributed by atoms with E-state index in [4.69, 9.17) is 10.7 Å². The van der Waals surface area contributed by atoms with Crippen LogP contribution in [-0.2, 0) is 13.1 Å². The van der Waals surface area contributed by atoms with Gasteiger partial charge in [-0.2, -0.15) is 0 Å². The lowest BCUT2D eigenvalue weighted by molar-refractivity contribution is 0.0951. The van der Waals surface area contributed by atoms with Crippen molar-refractivity contribution in [3.8, 4) is 11.1 Å². The molecule has 8 nitrogen and oxygen atoms in total. The summed E-state index contributed by atoms with van der Waals surface area (Å²) in [5.41, 5.74) is 12.4. The molecule has 0 atom stereocenters. The van der Waals surface area contributed by atoms with Crippen molar-refractivity contribution in [1.29, 1.82) is 0 Å². The van der Waals surface area contributed by atoms with Gasteiger partial charge in [-0.15, -0.1) is 0 Å². The van der Waals surface area contributed by atoms with Gasteiger partial charge < -0.3 is 21.3 Å². The maximum absolute atomic E-state index is 12.5. The number of nitrogens with two attached hydrogens (primary N) is 1. The van der Waals surface area contributed by atoms with Crippen LogP contribution in [0, 0.1) is 0 Å². The molecule has 3 heterocycles. The van der Waals surface area contributed by atoms with Gasteiger partial charge in [-0.1, -0.05) is 42.5 Å². The minimum Gasteiger partial charge on any atom is -0.385 e. The summed E-state index contributed by atoms with van der Waals surface area (Å²) in [5.74, 6) is 1.11. The molecule has 0 bridgehead atoms. The van der Waals surface area contributed by atoms with E-state index in [1.54, 1.807) is 24.5 Å². The number of carbonyl (C=O) groups is 1. The Kier molecular flexibility index (Phi) is 7.73. The average molecular weight is 516 g/mol. The molecule has 8 heteroatoms. The predicted octanol–water partition coefficient (Wildman–Crippen LogP) is 5.43. The fourth-order valence-electron chi connectivity index (χ4n) is 4.26. The number of hydrogen-bond acceptors (Lipinski definition) is 7. The second kappa shape index (κ2) is 11.9. The van der Waals surface area contributed by atoms with E-state index in [0.29, 0.717) is 24.5 Å². The van der Waals surface area contributed by atoms with Crippen LogP contribution in [0.5, 0.6) is 0 Å². The third-order valence-electron chi connectivity index (χ3n) is 6.38. The summed E-state index contributed by atoms with van der Waals surface area (Å²) in [6.07, 6.45) is 7.10. The number of pyridine rings is 3. The maximum Gasteiger partial charge on any atom is 0.251 e. The van der Waals surface area contributed by atoms with E-state index in [1.165, 1.54) is 0 Å². The summed E-state index contributed by atoms with van der Waals surface area (Å²) < 4.78 is 0. The Balaban J connectivity index is 1.44. The van der Waals surface area contributed by atoms with Gasteiger partial charge in [0.05, 0.1) is 12.2 Å². The molecule has 0 fully saturated rings. The van der Waals surface area contributed by atoms with Gasteiger partial charge in [0, 0.05) is 66.3 Å². The van der Waals surface area contributed by atoms with E-state index in [2.05, 4.69) is 31.6 Å². The standard InChI is InChI=1S/C31H29N7O/c1-33-28-17-26(24-9-5-15-34-19-24)20-36-30(28)38(21-25-10-6-16-35-29(25)32)27-13-11-22(12-14-27)18-37-31(39)23-7-3-2-4-8-23/h2-17,19-20,33H,18,21H2,1H3,(H2,32,35)(H,37,39). The predicted molar refractivity (Wildman–Crippen MR) is 156 cm³/mol. The van der Waals surface area contributed by atoms with Gasteiger partial charge in [-0.3, -0.25) is 9.78 Å². The molecule has 0 saturated carbocycles. The van der Waals surface area contributed by atoms with E-state index in [1.807, 2.05) is 86.2 Å². The van der Waals surface area contributed by atoms with Crippen LogP contribution in [-0.4, -0.2) is 27.9 Å². The summed E-state index contributed by atoms with van der Waals surface area (Å²) in [5, 5.41) is 6.28. The first-order chi connectivity index (χ1) is 19.1. The van der Waals surface area contributed by atoms with Crippen molar-refractivity contribution in [2.45, 2.75) is 13.1 Å². The number of anilines is 4. The fourth-order valence-corrected chi connectivity index (χ4v) is 4.26. The van der Waals surface area contributed by atoms with Gasteiger partial charge in [0.15, 0.2) is 5.82 Å². The second-order valence-corrected chi connectivity index (χ2v) is 8.94. The van der Waals surface area contributed by atoms with Crippen LogP contribution in [0.15, 0.2) is 110 Å². The van der Waals surface area contributed by atoms with Crippen LogP contribution in [0.3, 0.4) is 0 Å². The number of amides is 1. The van der Waals surface area contributed by atoms with Crippen molar-refractivity contribution in [2.24, 2.45) is 0 Å². The molecule has 2 aromatic carbocycles. The Morgan fingerprint density at radius 2 is 1.67 bits per heavy atom. The first kappa shape index (κ1) is 25.4. The van der Waals surface area contributed by atoms with Gasteiger partial charge in [0.1, 0.15) is 5.82 Å². The highest BCUT2D eigenvalue weighted by atomic mass is 16.1. The van der Waals surface area contributed by atoms with E-state index in [9.17, 15) is 4.79 Å². The molecule has 39 heavy (non-hydrogen) atoms. The molecule has 194 valence electrons. The van der Waals surface area contributed by atoms with Crippen LogP contribution >= 0.6 is 0 Å². The summed E-state index contributed by atoms with van der Waals surface area (Å²) in [7, 11) is 1.88. The summed E-state index contributed by atoms with van der Waals surface area (Å²) >= 11 is 0. The zero-order valence-electron chi connectivity index (χ0n) is 21.6. The molecule has 0 spiro atoms. The van der Waals surface area contributed by atoms with E-state index >= 15 is 0 Å². The Labute approximate surface area is 227 Å². The molecule has 0 saturated heterocycles. The summed E-state index contributed by atoms with van der Waals surface area (Å²) in [6, 6.07) is 27.1. The SMILES string of the molecule is CNc1cc(-c2cccnc2)cnc1N(Cc1cccnc1N)c1ccc(CNC(=O)c2ccccc2)cc1. The lowest BCUT2D eigenvalue weighted by Gasteiger charge is -2.27. The molecular weight excluding hydrogens is 486 g/mol. The van der Waals surface area contributed by atoms with Gasteiger partial charge >= 0.3 is 0 Å². The number of nitrogens with one attached hydrogen (secondary N) is 2. The quantitative estimate of drug-likeness (QED) is 0.240. The molecule has 3 aromatic heterocycles. The van der Waals surface area contributed by atoms with Gasteiger partial charge in [-0.05, 0) is 48.0 Å². The zero-order chi connectivity index (χ0) is 27.0. The molecule has 1 amide bonds. The van der Waals surface area contributed by atoms with E-state index < -0.39 is 0 Å². The van der Waals surface area contributed by atoms with Gasteiger partial charge in [0.25, 0.3) is 5.91 Å². The van der Waals surface area contributed by atoms with Crippen molar-refractivity contribution in [2.75, 3.05) is 23.0 Å². The fraction of sp³-hybridized carbons (Fsp3) is 0.0968. The molecule has 4 N–H and O–H groups in total. The molecular formula is C31H29N7O. The second-order valence-electron chi connectivity index (χ2n) is 8.94. The van der Waals surface area contributed by atoms with Crippen LogP contribution in [0.1, 0.15) is 21.5 Å². The Hall–Kier alpha value is -5.24. The van der Waals surface area contributed by atoms with Gasteiger partial charge in [-0.25, -0.2) is 9.97 Å². The maximum atomic E-state index is 12.5. The number of nitrogen functional groups attached to an aromatic ring is 1. The van der Waals surface area contributed by atoms with E-state index in [0.717, 1.165) is 39.4 Å². The van der Waals surface area contributed by atoms with Crippen LogP contribution in [0.4, 0.5) is 23.0 Å². The van der Waals surface area contributed by atoms with Crippen LogP contribution in [0.2, 0.25) is 0 Å². The lowest BCUT2D eigenvalue weighted by atomic mass is 10.1. The number of carbonyl (C=O) groups excluding carboxylic acids is 1. The molecule has 0 aliphatic rings. The van der Waals surface area contributed by atoms with Crippen molar-refractivity contribution in [3.05, 3.63) is 126 Å². The van der Waals surface area contributed by atoms with Crippen molar-refractivity contribution in [3.63, 3.8) is 0 Å². The molecule has 5 aromatic rings. The van der Waals surface area contributed by atoms with Crippen LogP contribution < -0.4 is 21.3 Å². The molecule has 5 rings (SSSR count). The first-order valence-corrected chi connectivity index (χ1v) is 12.6. The van der Waals surface area contributed by atoms with Crippen LogP contribution in [0.25, 0.3) is 11.1 Å². The highest BCUT2D eigenvalue weighted by molar-refractivity contribution is 5.94.